The molecule has 1 amide bonds. The van der Waals surface area contributed by atoms with Crippen LogP contribution in [0.4, 0.5) is 0 Å². The first-order valence-electron chi connectivity index (χ1n) is 6.65. The van der Waals surface area contributed by atoms with Gasteiger partial charge >= 0.3 is 0 Å². The van der Waals surface area contributed by atoms with Gasteiger partial charge in [0, 0.05) is 52.4 Å². The second kappa shape index (κ2) is 6.17. The SMILES string of the molecule is COCCCN1CCC(N2CC(C#N)CC2=O)C1. The van der Waals surface area contributed by atoms with Crippen LogP contribution in [0.25, 0.3) is 0 Å². The lowest BCUT2D eigenvalue weighted by Gasteiger charge is -2.24. The molecule has 0 spiro atoms. The molecular weight excluding hydrogens is 230 g/mol. The van der Waals surface area contributed by atoms with Gasteiger partial charge in [-0.25, -0.2) is 0 Å². The fraction of sp³-hybridized carbons (Fsp3) is 0.846. The summed E-state index contributed by atoms with van der Waals surface area (Å²) in [7, 11) is 1.72. The van der Waals surface area contributed by atoms with Crippen molar-refractivity contribution in [3.63, 3.8) is 0 Å². The molecule has 0 aromatic carbocycles. The van der Waals surface area contributed by atoms with Crippen molar-refractivity contribution in [1.29, 1.82) is 5.26 Å². The number of nitrogens with zero attached hydrogens (tertiary/aromatic N) is 3. The summed E-state index contributed by atoms with van der Waals surface area (Å²) in [6.07, 6.45) is 2.49. The van der Waals surface area contributed by atoms with Crippen LogP contribution in [0.3, 0.4) is 0 Å². The monoisotopic (exact) mass is 251 g/mol. The number of hydrogen-bond acceptors (Lipinski definition) is 4. The quantitative estimate of drug-likeness (QED) is 0.666. The molecule has 0 saturated carbocycles. The molecule has 2 rings (SSSR count). The van der Waals surface area contributed by atoms with Gasteiger partial charge in [-0.2, -0.15) is 5.26 Å². The lowest BCUT2D eigenvalue weighted by molar-refractivity contribution is -0.129. The van der Waals surface area contributed by atoms with Crippen molar-refractivity contribution in [2.24, 2.45) is 5.92 Å². The fourth-order valence-corrected chi connectivity index (χ4v) is 2.87. The number of methoxy groups -OCH3 is 1. The molecule has 0 aromatic heterocycles. The van der Waals surface area contributed by atoms with Crippen LogP contribution in [0.1, 0.15) is 19.3 Å². The molecule has 18 heavy (non-hydrogen) atoms. The first-order valence-corrected chi connectivity index (χ1v) is 6.65. The molecule has 0 N–H and O–H groups in total. The largest absolute Gasteiger partial charge is 0.385 e. The molecule has 2 aliphatic heterocycles. The van der Waals surface area contributed by atoms with E-state index in [-0.39, 0.29) is 11.8 Å². The van der Waals surface area contributed by atoms with E-state index in [0.29, 0.717) is 19.0 Å². The summed E-state index contributed by atoms with van der Waals surface area (Å²) >= 11 is 0. The van der Waals surface area contributed by atoms with Crippen LogP contribution < -0.4 is 0 Å². The second-order valence-corrected chi connectivity index (χ2v) is 5.17. The summed E-state index contributed by atoms with van der Waals surface area (Å²) in [5.74, 6) is 0.0605. The Morgan fingerprint density at radius 3 is 3.00 bits per heavy atom. The lowest BCUT2D eigenvalue weighted by atomic mass is 10.1. The van der Waals surface area contributed by atoms with Crippen molar-refractivity contribution in [1.82, 2.24) is 9.80 Å². The van der Waals surface area contributed by atoms with Crippen LogP contribution in [0.5, 0.6) is 0 Å². The Morgan fingerprint density at radius 2 is 2.33 bits per heavy atom. The highest BCUT2D eigenvalue weighted by Gasteiger charge is 2.37. The Hall–Kier alpha value is -1.12. The highest BCUT2D eigenvalue weighted by molar-refractivity contribution is 5.79. The normalized spacial score (nSPS) is 28.9. The van der Waals surface area contributed by atoms with Crippen LogP contribution in [0.15, 0.2) is 0 Å². The van der Waals surface area contributed by atoms with Gasteiger partial charge in [-0.1, -0.05) is 0 Å². The second-order valence-electron chi connectivity index (χ2n) is 5.17. The van der Waals surface area contributed by atoms with Crippen molar-refractivity contribution in [2.75, 3.05) is 39.9 Å². The van der Waals surface area contributed by atoms with Crippen molar-refractivity contribution in [3.05, 3.63) is 0 Å². The third-order valence-electron chi connectivity index (χ3n) is 3.85. The Morgan fingerprint density at radius 1 is 1.50 bits per heavy atom. The molecule has 0 aliphatic carbocycles. The summed E-state index contributed by atoms with van der Waals surface area (Å²) in [6, 6.07) is 2.53. The maximum absolute atomic E-state index is 11.8. The molecule has 100 valence electrons. The van der Waals surface area contributed by atoms with Crippen molar-refractivity contribution >= 4 is 5.91 Å². The number of carbonyl (C=O) groups excluding carboxylic acids is 1. The first kappa shape index (κ1) is 13.3. The zero-order valence-corrected chi connectivity index (χ0v) is 11.0. The predicted octanol–water partition coefficient (Wildman–Crippen LogP) is 0.469. The lowest BCUT2D eigenvalue weighted by Crippen LogP contribution is -2.38. The minimum absolute atomic E-state index is 0.0972. The van der Waals surface area contributed by atoms with Crippen molar-refractivity contribution in [3.8, 4) is 6.07 Å². The highest BCUT2D eigenvalue weighted by Crippen LogP contribution is 2.24. The number of likely N-dealkylation sites (tertiary alicyclic amines) is 2. The fourth-order valence-electron chi connectivity index (χ4n) is 2.87. The molecule has 5 nitrogen and oxygen atoms in total. The Kier molecular flexibility index (Phi) is 4.56. The summed E-state index contributed by atoms with van der Waals surface area (Å²) in [5, 5.41) is 8.89. The van der Waals surface area contributed by atoms with Gasteiger partial charge in [0.25, 0.3) is 0 Å². The van der Waals surface area contributed by atoms with E-state index in [4.69, 9.17) is 10.00 Å². The molecule has 2 aliphatic rings. The van der Waals surface area contributed by atoms with Crippen molar-refractivity contribution < 1.29 is 9.53 Å². The molecule has 2 heterocycles. The third kappa shape index (κ3) is 3.01. The van der Waals surface area contributed by atoms with E-state index >= 15 is 0 Å². The summed E-state index contributed by atoms with van der Waals surface area (Å²) in [4.78, 5) is 16.1. The minimum Gasteiger partial charge on any atom is -0.385 e. The van der Waals surface area contributed by atoms with Gasteiger partial charge in [0.15, 0.2) is 0 Å². The van der Waals surface area contributed by atoms with E-state index < -0.39 is 0 Å². The molecule has 0 radical (unpaired) electrons. The van der Waals surface area contributed by atoms with E-state index in [1.807, 2.05) is 4.90 Å². The van der Waals surface area contributed by atoms with E-state index in [2.05, 4.69) is 11.0 Å². The highest BCUT2D eigenvalue weighted by atomic mass is 16.5. The van der Waals surface area contributed by atoms with Gasteiger partial charge in [-0.3, -0.25) is 4.79 Å². The summed E-state index contributed by atoms with van der Waals surface area (Å²) < 4.78 is 5.05. The minimum atomic E-state index is -0.0972. The maximum Gasteiger partial charge on any atom is 0.224 e. The zero-order valence-electron chi connectivity index (χ0n) is 11.0. The average Bonchev–Trinajstić information content (AvgIpc) is 2.96. The zero-order chi connectivity index (χ0) is 13.0. The third-order valence-corrected chi connectivity index (χ3v) is 3.85. The van der Waals surface area contributed by atoms with Crippen LogP contribution in [-0.4, -0.2) is 61.6 Å². The standard InChI is InChI=1S/C13H21N3O2/c1-18-6-2-4-15-5-3-12(10-15)16-9-11(8-14)7-13(16)17/h11-12H,2-7,9-10H2,1H3. The summed E-state index contributed by atoms with van der Waals surface area (Å²) in [6.45, 7) is 4.46. The Balaban J connectivity index is 1.78. The van der Waals surface area contributed by atoms with E-state index in [0.717, 1.165) is 39.1 Å². The van der Waals surface area contributed by atoms with Crippen LogP contribution in [-0.2, 0) is 9.53 Å². The first-order chi connectivity index (χ1) is 8.74. The van der Waals surface area contributed by atoms with E-state index in [9.17, 15) is 4.79 Å². The molecular formula is C13H21N3O2. The number of amides is 1. The molecule has 2 atom stereocenters. The number of ether oxygens (including phenoxy) is 1. The number of hydrogen-bond donors (Lipinski definition) is 0. The number of rotatable bonds is 5. The van der Waals surface area contributed by atoms with Crippen molar-refractivity contribution in [2.45, 2.75) is 25.3 Å². The smallest absolute Gasteiger partial charge is 0.224 e. The van der Waals surface area contributed by atoms with Gasteiger partial charge in [0.2, 0.25) is 5.91 Å². The molecule has 0 aromatic rings. The number of carbonyl (C=O) groups is 1. The van der Waals surface area contributed by atoms with E-state index in [1.165, 1.54) is 0 Å². The van der Waals surface area contributed by atoms with E-state index in [1.54, 1.807) is 7.11 Å². The predicted molar refractivity (Wildman–Crippen MR) is 66.8 cm³/mol. The summed E-state index contributed by atoms with van der Waals surface area (Å²) in [5.41, 5.74) is 0. The van der Waals surface area contributed by atoms with Gasteiger partial charge in [0.05, 0.1) is 12.0 Å². The Bertz CT molecular complexity index is 340. The van der Waals surface area contributed by atoms with Crippen LogP contribution >= 0.6 is 0 Å². The van der Waals surface area contributed by atoms with Crippen LogP contribution in [0.2, 0.25) is 0 Å². The topological polar surface area (TPSA) is 56.6 Å². The van der Waals surface area contributed by atoms with Crippen LogP contribution in [0, 0.1) is 17.2 Å². The molecule has 0 bridgehead atoms. The maximum atomic E-state index is 11.8. The van der Waals surface area contributed by atoms with Gasteiger partial charge < -0.3 is 14.5 Å². The number of nitriles is 1. The molecule has 5 heteroatoms. The molecule has 2 saturated heterocycles. The Labute approximate surface area is 108 Å². The molecule has 2 fully saturated rings. The van der Waals surface area contributed by atoms with Gasteiger partial charge in [0.1, 0.15) is 0 Å². The molecule has 2 unspecified atom stereocenters. The average molecular weight is 251 g/mol. The van der Waals surface area contributed by atoms with Gasteiger partial charge in [-0.05, 0) is 12.8 Å². The van der Waals surface area contributed by atoms with Gasteiger partial charge in [-0.15, -0.1) is 0 Å².